The number of amides is 2. The number of ketones is 2. The molecule has 8 heteroatoms. The zero-order valence-corrected chi connectivity index (χ0v) is 24.3. The molecule has 0 fully saturated rings. The molecule has 0 atom stereocenters. The minimum atomic E-state index is -0.128. The standard InChI is InChI=1S/C26H48N2O6.C2H6/c1-21(29)10-7-12-23(31)27-15-9-17-33-19-26(5,6)20-34-18-25(3,4)14-16-28-24(32)13-8-11-22(2)30;1-2/h7-20H2,1-6H3,(H,27,31)(H,28,32);1-2H3. The number of carbonyl (C=O) groups is 4. The van der Waals surface area contributed by atoms with Crippen molar-refractivity contribution in [1.82, 2.24) is 10.6 Å². The third-order valence-electron chi connectivity index (χ3n) is 5.26. The van der Waals surface area contributed by atoms with E-state index in [4.69, 9.17) is 9.47 Å². The molecule has 0 bridgehead atoms. The second kappa shape index (κ2) is 21.3. The largest absolute Gasteiger partial charge is 0.381 e. The van der Waals surface area contributed by atoms with Gasteiger partial charge in [0, 0.05) is 50.8 Å². The lowest BCUT2D eigenvalue weighted by atomic mass is 9.90. The predicted molar refractivity (Wildman–Crippen MR) is 145 cm³/mol. The highest BCUT2D eigenvalue weighted by molar-refractivity contribution is 5.79. The van der Waals surface area contributed by atoms with Gasteiger partial charge in [0.25, 0.3) is 0 Å². The van der Waals surface area contributed by atoms with Crippen LogP contribution in [0.1, 0.15) is 107 Å². The Morgan fingerprint density at radius 1 is 0.611 bits per heavy atom. The molecule has 36 heavy (non-hydrogen) atoms. The molecule has 0 aromatic heterocycles. The van der Waals surface area contributed by atoms with Gasteiger partial charge in [-0.05, 0) is 44.9 Å². The highest BCUT2D eigenvalue weighted by Crippen LogP contribution is 2.23. The van der Waals surface area contributed by atoms with Gasteiger partial charge in [0.05, 0.1) is 19.8 Å². The maximum atomic E-state index is 11.8. The third-order valence-corrected chi connectivity index (χ3v) is 5.26. The molecule has 0 saturated heterocycles. The van der Waals surface area contributed by atoms with Gasteiger partial charge in [-0.15, -0.1) is 0 Å². The van der Waals surface area contributed by atoms with E-state index in [-0.39, 0.29) is 34.2 Å². The van der Waals surface area contributed by atoms with Crippen molar-refractivity contribution in [3.05, 3.63) is 0 Å². The van der Waals surface area contributed by atoms with E-state index in [0.29, 0.717) is 78.0 Å². The topological polar surface area (TPSA) is 111 Å². The van der Waals surface area contributed by atoms with E-state index < -0.39 is 0 Å². The molecule has 8 nitrogen and oxygen atoms in total. The molecule has 0 radical (unpaired) electrons. The van der Waals surface area contributed by atoms with Crippen LogP contribution in [-0.4, -0.2) is 62.9 Å². The second-order valence-electron chi connectivity index (χ2n) is 10.8. The Labute approximate surface area is 220 Å². The Bertz CT molecular complexity index is 632. The van der Waals surface area contributed by atoms with Gasteiger partial charge in [0.15, 0.2) is 0 Å². The first-order chi connectivity index (χ1) is 16.8. The molecular formula is C28H54N2O6. The average Bonchev–Trinajstić information content (AvgIpc) is 2.76. The summed E-state index contributed by atoms with van der Waals surface area (Å²) in [6.45, 7) is 18.9. The third kappa shape index (κ3) is 25.3. The summed E-state index contributed by atoms with van der Waals surface area (Å²) < 4.78 is 11.7. The highest BCUT2D eigenvalue weighted by atomic mass is 16.5. The summed E-state index contributed by atoms with van der Waals surface area (Å²) >= 11 is 0. The van der Waals surface area contributed by atoms with Crippen LogP contribution >= 0.6 is 0 Å². The van der Waals surface area contributed by atoms with Crippen LogP contribution in [0.3, 0.4) is 0 Å². The summed E-state index contributed by atoms with van der Waals surface area (Å²) in [4.78, 5) is 45.3. The maximum absolute atomic E-state index is 11.8. The van der Waals surface area contributed by atoms with Gasteiger partial charge in [-0.3, -0.25) is 9.59 Å². The first-order valence-corrected chi connectivity index (χ1v) is 13.5. The predicted octanol–water partition coefficient (Wildman–Crippen LogP) is 4.63. The van der Waals surface area contributed by atoms with Crippen LogP contribution in [0, 0.1) is 10.8 Å². The molecule has 2 amide bonds. The lowest BCUT2D eigenvalue weighted by Gasteiger charge is -2.29. The van der Waals surface area contributed by atoms with Crippen molar-refractivity contribution in [3.8, 4) is 0 Å². The van der Waals surface area contributed by atoms with E-state index >= 15 is 0 Å². The van der Waals surface area contributed by atoms with Crippen molar-refractivity contribution < 1.29 is 28.7 Å². The van der Waals surface area contributed by atoms with Crippen LogP contribution in [0.4, 0.5) is 0 Å². The Kier molecular flexibility index (Phi) is 21.5. The highest BCUT2D eigenvalue weighted by Gasteiger charge is 2.23. The lowest BCUT2D eigenvalue weighted by molar-refractivity contribution is -0.123. The van der Waals surface area contributed by atoms with E-state index in [1.165, 1.54) is 13.8 Å². The van der Waals surface area contributed by atoms with Gasteiger partial charge in [0.1, 0.15) is 11.6 Å². The van der Waals surface area contributed by atoms with Crippen LogP contribution in [0.15, 0.2) is 0 Å². The second-order valence-corrected chi connectivity index (χ2v) is 10.8. The van der Waals surface area contributed by atoms with Crippen molar-refractivity contribution in [1.29, 1.82) is 0 Å². The average molecular weight is 515 g/mol. The van der Waals surface area contributed by atoms with Crippen molar-refractivity contribution in [2.75, 3.05) is 39.5 Å². The number of nitrogens with one attached hydrogen (secondary N) is 2. The molecule has 0 spiro atoms. The van der Waals surface area contributed by atoms with Gasteiger partial charge in [-0.2, -0.15) is 0 Å². The first-order valence-electron chi connectivity index (χ1n) is 13.5. The number of hydrogen-bond acceptors (Lipinski definition) is 6. The molecule has 212 valence electrons. The van der Waals surface area contributed by atoms with E-state index in [0.717, 1.165) is 12.8 Å². The normalized spacial score (nSPS) is 11.3. The van der Waals surface area contributed by atoms with E-state index in [1.807, 2.05) is 13.8 Å². The SMILES string of the molecule is CC.CC(=O)CCCC(=O)NCCCOCC(C)(C)COCC(C)(C)CCNC(=O)CCCC(C)=O. The molecule has 0 aromatic carbocycles. The molecule has 0 saturated carbocycles. The summed E-state index contributed by atoms with van der Waals surface area (Å²) in [6, 6.07) is 0. The van der Waals surface area contributed by atoms with E-state index in [2.05, 4.69) is 38.3 Å². The molecule has 0 unspecified atom stereocenters. The zero-order chi connectivity index (χ0) is 28.0. The number of rotatable bonds is 21. The van der Waals surface area contributed by atoms with Crippen LogP contribution in [0.2, 0.25) is 0 Å². The molecule has 0 aliphatic heterocycles. The first kappa shape index (κ1) is 36.4. The number of ether oxygens (including phenoxy) is 2. The van der Waals surface area contributed by atoms with Gasteiger partial charge >= 0.3 is 0 Å². The Balaban J connectivity index is 0. The van der Waals surface area contributed by atoms with Gasteiger partial charge < -0.3 is 29.7 Å². The Morgan fingerprint density at radius 2 is 1.06 bits per heavy atom. The number of hydrogen-bond donors (Lipinski definition) is 2. The van der Waals surface area contributed by atoms with Gasteiger partial charge in [0.2, 0.25) is 11.8 Å². The van der Waals surface area contributed by atoms with Gasteiger partial charge in [-0.1, -0.05) is 41.5 Å². The molecular weight excluding hydrogens is 460 g/mol. The quantitative estimate of drug-likeness (QED) is 0.216. The Morgan fingerprint density at radius 3 is 1.56 bits per heavy atom. The van der Waals surface area contributed by atoms with E-state index in [1.54, 1.807) is 0 Å². The molecule has 2 N–H and O–H groups in total. The van der Waals surface area contributed by atoms with Crippen LogP contribution < -0.4 is 10.6 Å². The zero-order valence-electron chi connectivity index (χ0n) is 24.3. The summed E-state index contributed by atoms with van der Waals surface area (Å²) in [5.41, 5.74) is -0.191. The summed E-state index contributed by atoms with van der Waals surface area (Å²) in [5, 5.41) is 5.77. The maximum Gasteiger partial charge on any atom is 0.220 e. The van der Waals surface area contributed by atoms with Crippen molar-refractivity contribution in [2.45, 2.75) is 107 Å². The molecule has 0 aromatic rings. The summed E-state index contributed by atoms with van der Waals surface area (Å²) in [7, 11) is 0. The monoisotopic (exact) mass is 514 g/mol. The minimum absolute atomic E-state index is 0.0104. The van der Waals surface area contributed by atoms with Crippen molar-refractivity contribution in [3.63, 3.8) is 0 Å². The van der Waals surface area contributed by atoms with Crippen molar-refractivity contribution >= 4 is 23.4 Å². The lowest BCUT2D eigenvalue weighted by Crippen LogP contribution is -2.32. The smallest absolute Gasteiger partial charge is 0.220 e. The van der Waals surface area contributed by atoms with Crippen LogP contribution in [0.25, 0.3) is 0 Å². The fraction of sp³-hybridized carbons (Fsp3) is 0.857. The summed E-state index contributed by atoms with van der Waals surface area (Å²) in [5.74, 6) is 0.189. The van der Waals surface area contributed by atoms with Crippen LogP contribution in [-0.2, 0) is 28.7 Å². The van der Waals surface area contributed by atoms with E-state index in [9.17, 15) is 19.2 Å². The Hall–Kier alpha value is -1.80. The molecule has 0 aliphatic rings. The fourth-order valence-corrected chi connectivity index (χ4v) is 3.18. The molecule has 0 rings (SSSR count). The summed E-state index contributed by atoms with van der Waals surface area (Å²) in [6.07, 6.45) is 4.41. The van der Waals surface area contributed by atoms with Gasteiger partial charge in [-0.25, -0.2) is 0 Å². The molecule has 0 aliphatic carbocycles. The number of carbonyl (C=O) groups excluding carboxylic acids is 4. The fourth-order valence-electron chi connectivity index (χ4n) is 3.18. The molecule has 0 heterocycles. The van der Waals surface area contributed by atoms with Crippen LogP contribution in [0.5, 0.6) is 0 Å². The number of Topliss-reactive ketones (excluding diaryl/α,β-unsaturated/α-hetero) is 2. The minimum Gasteiger partial charge on any atom is -0.381 e. The van der Waals surface area contributed by atoms with Crippen molar-refractivity contribution in [2.24, 2.45) is 10.8 Å².